The zero-order valence-electron chi connectivity index (χ0n) is 11.1. The highest BCUT2D eigenvalue weighted by Gasteiger charge is 2.21. The van der Waals surface area contributed by atoms with Gasteiger partial charge in [-0.15, -0.1) is 0 Å². The van der Waals surface area contributed by atoms with Crippen molar-refractivity contribution in [3.63, 3.8) is 0 Å². The molecule has 0 aromatic rings. The van der Waals surface area contributed by atoms with Gasteiger partial charge in [-0.25, -0.2) is 0 Å². The summed E-state index contributed by atoms with van der Waals surface area (Å²) in [6.07, 6.45) is 1.67. The van der Waals surface area contributed by atoms with Crippen molar-refractivity contribution in [2.75, 3.05) is 6.54 Å². The molecule has 4 heteroatoms. The molecule has 0 saturated heterocycles. The number of amides is 1. The largest absolute Gasteiger partial charge is 0.389 e. The molecular formula is C12H26N2O2. The third-order valence-corrected chi connectivity index (χ3v) is 2.40. The summed E-state index contributed by atoms with van der Waals surface area (Å²) in [6, 6.07) is -0.126. The molecule has 1 amide bonds. The summed E-state index contributed by atoms with van der Waals surface area (Å²) in [5, 5.41) is 15.8. The van der Waals surface area contributed by atoms with E-state index in [1.54, 1.807) is 13.8 Å². The smallest absolute Gasteiger partial charge is 0.237 e. The van der Waals surface area contributed by atoms with E-state index in [-0.39, 0.29) is 18.0 Å². The van der Waals surface area contributed by atoms with Crippen molar-refractivity contribution in [3.05, 3.63) is 0 Å². The fourth-order valence-electron chi connectivity index (χ4n) is 1.50. The summed E-state index contributed by atoms with van der Waals surface area (Å²) in [4.78, 5) is 11.6. The van der Waals surface area contributed by atoms with Crippen LogP contribution in [0.2, 0.25) is 0 Å². The first-order valence-electron chi connectivity index (χ1n) is 6.04. The number of rotatable bonds is 7. The lowest BCUT2D eigenvalue weighted by molar-refractivity contribution is -0.123. The Morgan fingerprint density at radius 1 is 1.38 bits per heavy atom. The third-order valence-electron chi connectivity index (χ3n) is 2.40. The average Bonchev–Trinajstić information content (AvgIpc) is 2.13. The van der Waals surface area contributed by atoms with Gasteiger partial charge in [0.05, 0.1) is 11.6 Å². The fraction of sp³-hybridized carbons (Fsp3) is 0.917. The lowest BCUT2D eigenvalue weighted by atomic mass is 10.0. The first-order valence-corrected chi connectivity index (χ1v) is 6.04. The van der Waals surface area contributed by atoms with E-state index < -0.39 is 5.60 Å². The summed E-state index contributed by atoms with van der Waals surface area (Å²) in [7, 11) is 0. The van der Waals surface area contributed by atoms with Crippen LogP contribution in [0.1, 0.15) is 47.5 Å². The van der Waals surface area contributed by atoms with Gasteiger partial charge in [0.2, 0.25) is 5.91 Å². The maximum atomic E-state index is 11.6. The summed E-state index contributed by atoms with van der Waals surface area (Å²) in [5.74, 6) is -0.0256. The predicted molar refractivity (Wildman–Crippen MR) is 66.3 cm³/mol. The summed E-state index contributed by atoms with van der Waals surface area (Å²) >= 11 is 0. The lowest BCUT2D eigenvalue weighted by Crippen LogP contribution is -2.49. The van der Waals surface area contributed by atoms with E-state index in [1.807, 2.05) is 20.8 Å². The summed E-state index contributed by atoms with van der Waals surface area (Å²) in [5.41, 5.74) is -0.735. The van der Waals surface area contributed by atoms with Crippen LogP contribution in [-0.2, 0) is 4.79 Å². The Labute approximate surface area is 98.8 Å². The van der Waals surface area contributed by atoms with Gasteiger partial charge >= 0.3 is 0 Å². The average molecular weight is 230 g/mol. The highest BCUT2D eigenvalue weighted by atomic mass is 16.3. The predicted octanol–water partition coefficient (Wildman–Crippen LogP) is 1.04. The van der Waals surface area contributed by atoms with Crippen molar-refractivity contribution in [1.29, 1.82) is 0 Å². The maximum absolute atomic E-state index is 11.6. The second-order valence-corrected chi connectivity index (χ2v) is 5.01. The first-order chi connectivity index (χ1) is 7.28. The van der Waals surface area contributed by atoms with Crippen molar-refractivity contribution in [1.82, 2.24) is 10.6 Å². The molecule has 0 fully saturated rings. The first kappa shape index (κ1) is 15.4. The Balaban J connectivity index is 3.96. The van der Waals surface area contributed by atoms with E-state index >= 15 is 0 Å². The van der Waals surface area contributed by atoms with E-state index in [4.69, 9.17) is 0 Å². The van der Waals surface area contributed by atoms with Gasteiger partial charge in [0.25, 0.3) is 0 Å². The topological polar surface area (TPSA) is 61.4 Å². The molecule has 0 aromatic carbocycles. The van der Waals surface area contributed by atoms with E-state index in [0.29, 0.717) is 6.54 Å². The van der Waals surface area contributed by atoms with Gasteiger partial charge in [0.15, 0.2) is 0 Å². The number of hydrogen-bond acceptors (Lipinski definition) is 3. The van der Waals surface area contributed by atoms with Crippen molar-refractivity contribution in [2.24, 2.45) is 0 Å². The number of carbonyl (C=O) groups excluding carboxylic acids is 1. The quantitative estimate of drug-likeness (QED) is 0.612. The van der Waals surface area contributed by atoms with Crippen LogP contribution >= 0.6 is 0 Å². The highest BCUT2D eigenvalue weighted by molar-refractivity contribution is 5.81. The SMILES string of the molecule is CCCC(C)(O)CNC(C)C(=O)NC(C)C. The van der Waals surface area contributed by atoms with Crippen LogP contribution in [-0.4, -0.2) is 35.2 Å². The lowest BCUT2D eigenvalue weighted by Gasteiger charge is -2.25. The molecule has 4 nitrogen and oxygen atoms in total. The van der Waals surface area contributed by atoms with E-state index in [9.17, 15) is 9.90 Å². The zero-order chi connectivity index (χ0) is 12.8. The Hall–Kier alpha value is -0.610. The van der Waals surface area contributed by atoms with Crippen molar-refractivity contribution in [3.8, 4) is 0 Å². The molecule has 0 aliphatic rings. The molecule has 0 bridgehead atoms. The minimum absolute atomic E-state index is 0.0256. The Kier molecular flexibility index (Phi) is 6.60. The molecule has 2 atom stereocenters. The molecule has 0 aliphatic carbocycles. The normalized spacial score (nSPS) is 16.9. The van der Waals surface area contributed by atoms with E-state index in [0.717, 1.165) is 12.8 Å². The van der Waals surface area contributed by atoms with Gasteiger partial charge in [-0.3, -0.25) is 4.79 Å². The second-order valence-electron chi connectivity index (χ2n) is 5.01. The zero-order valence-corrected chi connectivity index (χ0v) is 11.1. The van der Waals surface area contributed by atoms with Crippen molar-refractivity contribution in [2.45, 2.75) is 65.1 Å². The second kappa shape index (κ2) is 6.86. The van der Waals surface area contributed by atoms with Crippen LogP contribution in [0.25, 0.3) is 0 Å². The van der Waals surface area contributed by atoms with Crippen LogP contribution < -0.4 is 10.6 Å². The molecule has 16 heavy (non-hydrogen) atoms. The molecule has 0 radical (unpaired) electrons. The van der Waals surface area contributed by atoms with Gasteiger partial charge < -0.3 is 15.7 Å². The Morgan fingerprint density at radius 2 is 1.94 bits per heavy atom. The molecule has 0 saturated carbocycles. The molecule has 0 spiro atoms. The Bertz CT molecular complexity index is 215. The standard InChI is InChI=1S/C12H26N2O2/c1-6-7-12(5,16)8-13-10(4)11(15)14-9(2)3/h9-10,13,16H,6-8H2,1-5H3,(H,14,15). The number of hydrogen-bond donors (Lipinski definition) is 3. The van der Waals surface area contributed by atoms with Gasteiger partial charge in [-0.1, -0.05) is 13.3 Å². The van der Waals surface area contributed by atoms with Gasteiger partial charge in [-0.2, -0.15) is 0 Å². The van der Waals surface area contributed by atoms with Gasteiger partial charge in [-0.05, 0) is 34.1 Å². The van der Waals surface area contributed by atoms with Crippen molar-refractivity contribution >= 4 is 5.91 Å². The monoisotopic (exact) mass is 230 g/mol. The molecule has 3 N–H and O–H groups in total. The van der Waals surface area contributed by atoms with Crippen molar-refractivity contribution < 1.29 is 9.90 Å². The third kappa shape index (κ3) is 6.80. The van der Waals surface area contributed by atoms with E-state index in [2.05, 4.69) is 10.6 Å². The van der Waals surface area contributed by atoms with Gasteiger partial charge in [0.1, 0.15) is 0 Å². The molecule has 0 rings (SSSR count). The summed E-state index contributed by atoms with van der Waals surface area (Å²) < 4.78 is 0. The molecular weight excluding hydrogens is 204 g/mol. The minimum Gasteiger partial charge on any atom is -0.389 e. The van der Waals surface area contributed by atoms with Gasteiger partial charge in [0, 0.05) is 12.6 Å². The minimum atomic E-state index is -0.735. The number of nitrogens with one attached hydrogen (secondary N) is 2. The van der Waals surface area contributed by atoms with Crippen LogP contribution in [0.5, 0.6) is 0 Å². The number of aliphatic hydroxyl groups is 1. The van der Waals surface area contributed by atoms with E-state index in [1.165, 1.54) is 0 Å². The van der Waals surface area contributed by atoms with Crippen LogP contribution in [0.4, 0.5) is 0 Å². The van der Waals surface area contributed by atoms with Crippen LogP contribution in [0.3, 0.4) is 0 Å². The fourth-order valence-corrected chi connectivity index (χ4v) is 1.50. The van der Waals surface area contributed by atoms with Crippen LogP contribution in [0, 0.1) is 0 Å². The maximum Gasteiger partial charge on any atom is 0.237 e. The van der Waals surface area contributed by atoms with Crippen LogP contribution in [0.15, 0.2) is 0 Å². The molecule has 0 aliphatic heterocycles. The number of carbonyl (C=O) groups is 1. The molecule has 2 unspecified atom stereocenters. The molecule has 0 aromatic heterocycles. The highest BCUT2D eigenvalue weighted by Crippen LogP contribution is 2.10. The summed E-state index contributed by atoms with van der Waals surface area (Å²) in [6.45, 7) is 9.92. The molecule has 96 valence electrons. The Morgan fingerprint density at radius 3 is 2.38 bits per heavy atom. The molecule has 0 heterocycles.